The summed E-state index contributed by atoms with van der Waals surface area (Å²) in [6, 6.07) is 21.1. The van der Waals surface area contributed by atoms with E-state index in [1.807, 2.05) is 12.1 Å². The molecular formula is C34H26N6Na2O8S2. The van der Waals surface area contributed by atoms with Crippen molar-refractivity contribution in [1.29, 1.82) is 0 Å². The molecule has 18 heteroatoms. The van der Waals surface area contributed by atoms with Crippen molar-refractivity contribution in [1.82, 2.24) is 0 Å². The van der Waals surface area contributed by atoms with Gasteiger partial charge in [-0.15, -0.1) is 5.11 Å². The Kier molecular flexibility index (Phi) is 12.2. The SMILES string of the molecule is Cc1cc(-c2ccc(N=Nc3c(S(=O)(=O)O)cc4c(N)cccc4c3[O-])c(C)c2)ccc1N=Nc1ccc2c(S(=O)(=O)O)ccc(N)c2c1[O-].[Na+].[Na+]. The molecule has 254 valence electrons. The average Bonchev–Trinajstić information content (AvgIpc) is 3.04. The van der Waals surface area contributed by atoms with Crippen LogP contribution in [0.15, 0.2) is 115 Å². The number of benzene rings is 6. The van der Waals surface area contributed by atoms with Crippen LogP contribution in [0.2, 0.25) is 0 Å². The van der Waals surface area contributed by atoms with Gasteiger partial charge in [0.15, 0.2) is 0 Å². The third kappa shape index (κ3) is 8.01. The fraction of sp³-hybridized carbons (Fsp3) is 0.0588. The predicted octanol–water partition coefficient (Wildman–Crippen LogP) is 0.921. The van der Waals surface area contributed by atoms with Crippen molar-refractivity contribution in [2.45, 2.75) is 23.6 Å². The van der Waals surface area contributed by atoms with Crippen LogP contribution in [0.1, 0.15) is 11.1 Å². The molecule has 0 aliphatic heterocycles. The van der Waals surface area contributed by atoms with Crippen molar-refractivity contribution in [3.05, 3.63) is 96.1 Å². The second-order valence-electron chi connectivity index (χ2n) is 11.3. The Bertz CT molecular complexity index is 2690. The van der Waals surface area contributed by atoms with Gasteiger partial charge in [-0.1, -0.05) is 41.8 Å². The quantitative estimate of drug-likeness (QED) is 0.0775. The summed E-state index contributed by atoms with van der Waals surface area (Å²) in [4.78, 5) is -1.15. The second-order valence-corrected chi connectivity index (χ2v) is 14.1. The van der Waals surface area contributed by atoms with Gasteiger partial charge in [0.05, 0.1) is 22.7 Å². The minimum Gasteiger partial charge on any atom is -0.871 e. The van der Waals surface area contributed by atoms with Gasteiger partial charge in [-0.05, 0) is 96.1 Å². The molecule has 0 amide bonds. The van der Waals surface area contributed by atoms with Crippen LogP contribution < -0.4 is 80.8 Å². The molecule has 0 bridgehead atoms. The van der Waals surface area contributed by atoms with E-state index in [1.165, 1.54) is 30.3 Å². The molecule has 6 rings (SSSR count). The minimum absolute atomic E-state index is 0. The monoisotopic (exact) mass is 756 g/mol. The van der Waals surface area contributed by atoms with E-state index in [4.69, 9.17) is 11.5 Å². The van der Waals surface area contributed by atoms with Gasteiger partial charge >= 0.3 is 59.1 Å². The van der Waals surface area contributed by atoms with Gasteiger partial charge in [0.1, 0.15) is 9.79 Å². The summed E-state index contributed by atoms with van der Waals surface area (Å²) in [5.74, 6) is -1.40. The van der Waals surface area contributed by atoms with Crippen LogP contribution in [-0.2, 0) is 20.2 Å². The number of azo groups is 2. The molecule has 0 radical (unpaired) electrons. The van der Waals surface area contributed by atoms with Gasteiger partial charge < -0.3 is 21.7 Å². The molecule has 0 aliphatic carbocycles. The molecule has 52 heavy (non-hydrogen) atoms. The summed E-state index contributed by atoms with van der Waals surface area (Å²) >= 11 is 0. The normalized spacial score (nSPS) is 12.0. The van der Waals surface area contributed by atoms with Gasteiger partial charge in [0.2, 0.25) is 0 Å². The molecule has 6 N–H and O–H groups in total. The molecule has 6 aromatic rings. The van der Waals surface area contributed by atoms with Crippen molar-refractivity contribution >= 4 is 75.9 Å². The maximum absolute atomic E-state index is 13.2. The Morgan fingerprint density at radius 1 is 0.558 bits per heavy atom. The van der Waals surface area contributed by atoms with Gasteiger partial charge in [-0.25, -0.2) is 0 Å². The van der Waals surface area contributed by atoms with E-state index in [0.717, 1.165) is 23.3 Å². The number of hydrogen-bond donors (Lipinski definition) is 4. The first-order chi connectivity index (χ1) is 23.5. The molecule has 0 unspecified atom stereocenters. The van der Waals surface area contributed by atoms with Crippen molar-refractivity contribution in [2.75, 3.05) is 11.5 Å². The van der Waals surface area contributed by atoms with Crippen molar-refractivity contribution in [2.24, 2.45) is 20.5 Å². The molecule has 0 heterocycles. The smallest absolute Gasteiger partial charge is 0.871 e. The summed E-state index contributed by atoms with van der Waals surface area (Å²) in [6.45, 7) is 3.55. The number of nitrogens with two attached hydrogens (primary N) is 2. The molecule has 0 aromatic heterocycles. The molecule has 0 aliphatic rings. The van der Waals surface area contributed by atoms with Crippen LogP contribution in [0.25, 0.3) is 32.7 Å². The van der Waals surface area contributed by atoms with E-state index in [2.05, 4.69) is 20.5 Å². The summed E-state index contributed by atoms with van der Waals surface area (Å²) < 4.78 is 67.2. The standard InChI is InChI=1S/C34H28N6O8S2.2Na/c1-17-14-19(6-10-26(17)37-39-28-12-8-22-29(49(43,44)45)13-9-25(36)31(22)34(28)42)20-7-11-27(18(2)15-20)38-40-32-30(50(46,47)48)16-23-21(33(32)41)4-3-5-24(23)35;;/h3-16,41-42H,35-36H2,1-2H3,(H,43,44,45)(H,46,47,48);;/q;2*+1/p-2. The van der Waals surface area contributed by atoms with Crippen LogP contribution in [0.5, 0.6) is 11.5 Å². The predicted molar refractivity (Wildman–Crippen MR) is 185 cm³/mol. The summed E-state index contributed by atoms with van der Waals surface area (Å²) in [5, 5.41) is 42.8. The molecule has 0 spiro atoms. The summed E-state index contributed by atoms with van der Waals surface area (Å²) in [7, 11) is -9.44. The number of nitrogen functional groups attached to an aromatic ring is 2. The number of rotatable bonds is 7. The number of aryl methyl sites for hydroxylation is 2. The minimum atomic E-state index is -4.84. The molecule has 6 aromatic carbocycles. The number of anilines is 2. The van der Waals surface area contributed by atoms with E-state index in [-0.39, 0.29) is 97.7 Å². The van der Waals surface area contributed by atoms with Crippen molar-refractivity contribution in [3.8, 4) is 22.6 Å². The number of fused-ring (bicyclic) bond motifs is 2. The Hall–Kier alpha value is -3.94. The number of hydrogen-bond acceptors (Lipinski definition) is 12. The van der Waals surface area contributed by atoms with E-state index in [0.29, 0.717) is 22.5 Å². The van der Waals surface area contributed by atoms with E-state index < -0.39 is 47.2 Å². The molecule has 0 saturated heterocycles. The van der Waals surface area contributed by atoms with Crippen LogP contribution in [0.4, 0.5) is 34.1 Å². The Morgan fingerprint density at radius 2 is 1.10 bits per heavy atom. The van der Waals surface area contributed by atoms with Crippen molar-refractivity contribution in [3.63, 3.8) is 0 Å². The number of nitrogens with zero attached hydrogens (tertiary/aromatic N) is 4. The zero-order valence-corrected chi connectivity index (χ0v) is 33.8. The van der Waals surface area contributed by atoms with E-state index >= 15 is 0 Å². The summed E-state index contributed by atoms with van der Waals surface area (Å²) in [6.07, 6.45) is 0. The maximum Gasteiger partial charge on any atom is 1.00 e. The van der Waals surface area contributed by atoms with Gasteiger partial charge in [-0.3, -0.25) is 9.11 Å². The summed E-state index contributed by atoms with van der Waals surface area (Å²) in [5.41, 5.74) is 15.2. The van der Waals surface area contributed by atoms with Gasteiger partial charge in [-0.2, -0.15) is 32.2 Å². The first-order valence-corrected chi connectivity index (χ1v) is 17.5. The fourth-order valence-electron chi connectivity index (χ4n) is 5.48. The van der Waals surface area contributed by atoms with Crippen LogP contribution in [0, 0.1) is 13.8 Å². The zero-order valence-electron chi connectivity index (χ0n) is 28.2. The molecule has 14 nitrogen and oxygen atoms in total. The Morgan fingerprint density at radius 3 is 1.65 bits per heavy atom. The van der Waals surface area contributed by atoms with Crippen LogP contribution in [0.3, 0.4) is 0 Å². The average molecular weight is 757 g/mol. The first-order valence-electron chi connectivity index (χ1n) is 14.6. The molecular weight excluding hydrogens is 731 g/mol. The van der Waals surface area contributed by atoms with E-state index in [1.54, 1.807) is 44.2 Å². The topological polar surface area (TPSA) is 256 Å². The zero-order chi connectivity index (χ0) is 36.1. The molecule has 0 fully saturated rings. The van der Waals surface area contributed by atoms with Gasteiger partial charge in [0.25, 0.3) is 20.2 Å². The first kappa shape index (κ1) is 40.8. The third-order valence-electron chi connectivity index (χ3n) is 8.02. The second kappa shape index (κ2) is 15.6. The van der Waals surface area contributed by atoms with Gasteiger partial charge in [0, 0.05) is 27.5 Å². The Balaban J connectivity index is 0.00000302. The maximum atomic E-state index is 13.2. The fourth-order valence-corrected chi connectivity index (χ4v) is 6.82. The van der Waals surface area contributed by atoms with E-state index in [9.17, 15) is 36.2 Å². The molecule has 0 atom stereocenters. The van der Waals surface area contributed by atoms with Crippen molar-refractivity contribution < 1.29 is 95.3 Å². The van der Waals surface area contributed by atoms with Crippen LogP contribution >= 0.6 is 0 Å². The largest absolute Gasteiger partial charge is 1.00 e. The third-order valence-corrected chi connectivity index (χ3v) is 9.80. The Labute approximate surface area is 342 Å². The molecule has 0 saturated carbocycles. The van der Waals surface area contributed by atoms with Crippen LogP contribution in [-0.4, -0.2) is 25.9 Å².